The van der Waals surface area contributed by atoms with E-state index >= 15 is 0 Å². The zero-order chi connectivity index (χ0) is 10.6. The fourth-order valence-electron chi connectivity index (χ4n) is 0.936. The second-order valence-electron chi connectivity index (χ2n) is 2.42. The van der Waals surface area contributed by atoms with Crippen molar-refractivity contribution in [1.29, 1.82) is 0 Å². The lowest BCUT2D eigenvalue weighted by Gasteiger charge is -2.08. The summed E-state index contributed by atoms with van der Waals surface area (Å²) in [5.41, 5.74) is 0.568. The average Bonchev–Trinajstić information content (AvgIpc) is 2.17. The van der Waals surface area contributed by atoms with Gasteiger partial charge in [-0.25, -0.2) is 4.98 Å². The SMILES string of the molecule is C=Cc1ccc(OC(F)F)c(CO)n1. The van der Waals surface area contributed by atoms with Gasteiger partial charge in [0.2, 0.25) is 0 Å². The predicted octanol–water partition coefficient (Wildman–Crippen LogP) is 1.82. The van der Waals surface area contributed by atoms with Gasteiger partial charge in [0.1, 0.15) is 11.4 Å². The maximum atomic E-state index is 11.9. The number of aromatic nitrogens is 1. The minimum Gasteiger partial charge on any atom is -0.433 e. The summed E-state index contributed by atoms with van der Waals surface area (Å²) in [7, 11) is 0. The van der Waals surface area contributed by atoms with E-state index in [4.69, 9.17) is 5.11 Å². The number of pyridine rings is 1. The quantitative estimate of drug-likeness (QED) is 0.807. The molecule has 0 amide bonds. The molecule has 0 aromatic carbocycles. The number of hydrogen-bond donors (Lipinski definition) is 1. The van der Waals surface area contributed by atoms with E-state index in [0.29, 0.717) is 5.69 Å². The van der Waals surface area contributed by atoms with Crippen molar-refractivity contribution in [1.82, 2.24) is 4.98 Å². The van der Waals surface area contributed by atoms with Crippen molar-refractivity contribution in [3.05, 3.63) is 30.1 Å². The Balaban J connectivity index is 2.98. The molecule has 0 radical (unpaired) electrons. The van der Waals surface area contributed by atoms with Gasteiger partial charge in [-0.1, -0.05) is 6.58 Å². The average molecular weight is 201 g/mol. The number of halogens is 2. The number of aliphatic hydroxyl groups excluding tert-OH is 1. The monoisotopic (exact) mass is 201 g/mol. The van der Waals surface area contributed by atoms with Crippen LogP contribution in [0.4, 0.5) is 8.78 Å². The molecular weight excluding hydrogens is 192 g/mol. The number of hydrogen-bond acceptors (Lipinski definition) is 3. The van der Waals surface area contributed by atoms with Crippen LogP contribution in [0.1, 0.15) is 11.4 Å². The summed E-state index contributed by atoms with van der Waals surface area (Å²) in [5.74, 6) is -0.117. The van der Waals surface area contributed by atoms with Crippen LogP contribution in [-0.4, -0.2) is 16.7 Å². The Morgan fingerprint density at radius 3 is 2.79 bits per heavy atom. The van der Waals surface area contributed by atoms with Gasteiger partial charge in [0.05, 0.1) is 12.3 Å². The van der Waals surface area contributed by atoms with E-state index in [0.717, 1.165) is 0 Å². The largest absolute Gasteiger partial charge is 0.433 e. The van der Waals surface area contributed by atoms with Crippen molar-refractivity contribution >= 4 is 6.08 Å². The molecule has 1 aromatic rings. The molecule has 1 aromatic heterocycles. The van der Waals surface area contributed by atoms with Crippen LogP contribution < -0.4 is 4.74 Å². The molecule has 0 aliphatic heterocycles. The maximum Gasteiger partial charge on any atom is 0.387 e. The zero-order valence-corrected chi connectivity index (χ0v) is 7.28. The Labute approximate surface area is 79.7 Å². The molecule has 0 fully saturated rings. The maximum absolute atomic E-state index is 11.9. The first-order chi connectivity index (χ1) is 6.67. The third kappa shape index (κ3) is 2.50. The fraction of sp³-hybridized carbons (Fsp3) is 0.222. The third-order valence-electron chi connectivity index (χ3n) is 1.53. The van der Waals surface area contributed by atoms with Crippen LogP contribution >= 0.6 is 0 Å². The lowest BCUT2D eigenvalue weighted by molar-refractivity contribution is -0.0512. The van der Waals surface area contributed by atoms with Gasteiger partial charge in [-0.05, 0) is 18.2 Å². The highest BCUT2D eigenvalue weighted by Gasteiger charge is 2.10. The molecule has 0 aliphatic carbocycles. The molecule has 0 spiro atoms. The summed E-state index contributed by atoms with van der Waals surface area (Å²) < 4.78 is 27.9. The topological polar surface area (TPSA) is 42.4 Å². The first-order valence-corrected chi connectivity index (χ1v) is 3.85. The van der Waals surface area contributed by atoms with Gasteiger partial charge in [-0.2, -0.15) is 8.78 Å². The lowest BCUT2D eigenvalue weighted by atomic mass is 10.3. The predicted molar refractivity (Wildman–Crippen MR) is 46.9 cm³/mol. The first-order valence-electron chi connectivity index (χ1n) is 3.85. The van der Waals surface area contributed by atoms with Crippen molar-refractivity contribution in [2.24, 2.45) is 0 Å². The highest BCUT2D eigenvalue weighted by molar-refractivity contribution is 5.44. The zero-order valence-electron chi connectivity index (χ0n) is 7.28. The van der Waals surface area contributed by atoms with Crippen LogP contribution in [0.2, 0.25) is 0 Å². The minimum atomic E-state index is -2.92. The van der Waals surface area contributed by atoms with Gasteiger partial charge in [-0.3, -0.25) is 0 Å². The van der Waals surface area contributed by atoms with Crippen molar-refractivity contribution < 1.29 is 18.6 Å². The summed E-state index contributed by atoms with van der Waals surface area (Å²) in [6.07, 6.45) is 1.45. The Morgan fingerprint density at radius 2 is 2.29 bits per heavy atom. The van der Waals surface area contributed by atoms with E-state index in [9.17, 15) is 8.78 Å². The standard InChI is InChI=1S/C9H9F2NO2/c1-2-6-3-4-8(14-9(10)11)7(5-13)12-6/h2-4,9,13H,1,5H2. The van der Waals surface area contributed by atoms with Crippen molar-refractivity contribution in [2.45, 2.75) is 13.2 Å². The van der Waals surface area contributed by atoms with E-state index in [1.54, 1.807) is 0 Å². The molecule has 3 nitrogen and oxygen atoms in total. The lowest BCUT2D eigenvalue weighted by Crippen LogP contribution is -2.06. The van der Waals surface area contributed by atoms with Crippen molar-refractivity contribution in [2.75, 3.05) is 0 Å². The van der Waals surface area contributed by atoms with Gasteiger partial charge < -0.3 is 9.84 Å². The van der Waals surface area contributed by atoms with Crippen LogP contribution in [0.3, 0.4) is 0 Å². The summed E-state index contributed by atoms with van der Waals surface area (Å²) in [6, 6.07) is 2.80. The van der Waals surface area contributed by atoms with E-state index < -0.39 is 13.2 Å². The molecule has 0 bridgehead atoms. The number of alkyl halides is 2. The van der Waals surface area contributed by atoms with Crippen LogP contribution in [0.15, 0.2) is 18.7 Å². The first kappa shape index (κ1) is 10.6. The summed E-state index contributed by atoms with van der Waals surface area (Å²) in [6.45, 7) is 0.0895. The summed E-state index contributed by atoms with van der Waals surface area (Å²) >= 11 is 0. The van der Waals surface area contributed by atoms with Crippen molar-refractivity contribution in [3.63, 3.8) is 0 Å². The number of rotatable bonds is 4. The van der Waals surface area contributed by atoms with Gasteiger partial charge >= 0.3 is 6.61 Å². The molecule has 5 heteroatoms. The van der Waals surface area contributed by atoms with Crippen LogP contribution in [0.5, 0.6) is 5.75 Å². The second kappa shape index (κ2) is 4.66. The second-order valence-corrected chi connectivity index (χ2v) is 2.42. The van der Waals surface area contributed by atoms with Crippen LogP contribution in [-0.2, 0) is 6.61 Å². The Kier molecular flexibility index (Phi) is 3.53. The molecule has 1 rings (SSSR count). The molecule has 14 heavy (non-hydrogen) atoms. The van der Waals surface area contributed by atoms with Gasteiger partial charge in [0.25, 0.3) is 0 Å². The molecule has 1 N–H and O–H groups in total. The molecule has 0 atom stereocenters. The van der Waals surface area contributed by atoms with Gasteiger partial charge in [0.15, 0.2) is 0 Å². The Morgan fingerprint density at radius 1 is 1.57 bits per heavy atom. The van der Waals surface area contributed by atoms with E-state index in [2.05, 4.69) is 16.3 Å². The number of aliphatic hydroxyl groups is 1. The van der Waals surface area contributed by atoms with E-state index in [1.165, 1.54) is 18.2 Å². The van der Waals surface area contributed by atoms with Crippen LogP contribution in [0.25, 0.3) is 6.08 Å². The highest BCUT2D eigenvalue weighted by Crippen LogP contribution is 2.19. The van der Waals surface area contributed by atoms with E-state index in [1.807, 2.05) is 0 Å². The molecule has 0 saturated heterocycles. The van der Waals surface area contributed by atoms with Crippen LogP contribution in [0, 0.1) is 0 Å². The fourth-order valence-corrected chi connectivity index (χ4v) is 0.936. The smallest absolute Gasteiger partial charge is 0.387 e. The summed E-state index contributed by atoms with van der Waals surface area (Å²) in [4.78, 5) is 3.84. The Bertz CT molecular complexity index is 329. The molecule has 0 saturated carbocycles. The summed E-state index contributed by atoms with van der Waals surface area (Å²) in [5, 5.41) is 8.83. The highest BCUT2D eigenvalue weighted by atomic mass is 19.3. The van der Waals surface area contributed by atoms with Gasteiger partial charge in [-0.15, -0.1) is 0 Å². The molecule has 76 valence electrons. The molecular formula is C9H9F2NO2. The number of nitrogens with zero attached hydrogens (tertiary/aromatic N) is 1. The van der Waals surface area contributed by atoms with Crippen molar-refractivity contribution in [3.8, 4) is 5.75 Å². The molecule has 0 unspecified atom stereocenters. The number of ether oxygens (including phenoxy) is 1. The minimum absolute atomic E-state index is 0.0719. The molecule has 1 heterocycles. The Hall–Kier alpha value is -1.49. The molecule has 0 aliphatic rings. The normalized spacial score (nSPS) is 10.3. The van der Waals surface area contributed by atoms with Gasteiger partial charge in [0, 0.05) is 0 Å². The third-order valence-corrected chi connectivity index (χ3v) is 1.53. The van der Waals surface area contributed by atoms with E-state index in [-0.39, 0.29) is 11.4 Å².